The Bertz CT molecular complexity index is 762. The van der Waals surface area contributed by atoms with E-state index in [2.05, 4.69) is 20.3 Å². The van der Waals surface area contributed by atoms with E-state index in [0.717, 1.165) is 16.6 Å². The van der Waals surface area contributed by atoms with Crippen LogP contribution in [-0.2, 0) is 6.54 Å². The van der Waals surface area contributed by atoms with Crippen molar-refractivity contribution in [2.75, 3.05) is 0 Å². The molecule has 104 valence electrons. The molecule has 21 heavy (non-hydrogen) atoms. The first-order valence-electron chi connectivity index (χ1n) is 6.37. The molecule has 0 fully saturated rings. The molecule has 1 amide bonds. The minimum absolute atomic E-state index is 0.243. The lowest BCUT2D eigenvalue weighted by atomic mass is 10.3. The van der Waals surface area contributed by atoms with Gasteiger partial charge in [-0.2, -0.15) is 0 Å². The van der Waals surface area contributed by atoms with Crippen LogP contribution in [0.15, 0.2) is 55.0 Å². The lowest BCUT2D eigenvalue weighted by Gasteiger charge is -2.06. The van der Waals surface area contributed by atoms with Gasteiger partial charge in [-0.15, -0.1) is 0 Å². The average Bonchev–Trinajstić information content (AvgIpc) is 2.54. The van der Waals surface area contributed by atoms with Gasteiger partial charge in [-0.1, -0.05) is 6.07 Å². The van der Waals surface area contributed by atoms with Gasteiger partial charge in [-0.3, -0.25) is 9.97 Å². The third-order valence-electron chi connectivity index (χ3n) is 2.80. The molecule has 0 aliphatic heterocycles. The first-order chi connectivity index (χ1) is 10.3. The van der Waals surface area contributed by atoms with E-state index in [9.17, 15) is 4.79 Å². The summed E-state index contributed by atoms with van der Waals surface area (Å²) in [4.78, 5) is 24.0. The highest BCUT2D eigenvalue weighted by Crippen LogP contribution is 2.15. The molecule has 0 saturated heterocycles. The molecule has 0 radical (unpaired) electrons. The number of hydrogen-bond donors (Lipinski definition) is 1. The van der Waals surface area contributed by atoms with Gasteiger partial charge in [-0.25, -0.2) is 9.78 Å². The fourth-order valence-electron chi connectivity index (χ4n) is 1.80. The molecule has 0 aliphatic carbocycles. The predicted molar refractivity (Wildman–Crippen MR) is 76.6 cm³/mol. The number of carbonyl (C=O) groups is 1. The standard InChI is InChI=1S/C15H12N4O2/c20-15(18-10-12-3-1-2-7-17-12)21-14-5-4-11-9-16-8-6-13(11)19-14/h1-9H,10H2,(H,18,20). The van der Waals surface area contributed by atoms with Gasteiger partial charge in [0, 0.05) is 30.0 Å². The van der Waals surface area contributed by atoms with Crippen LogP contribution in [0, 0.1) is 0 Å². The van der Waals surface area contributed by atoms with Crippen LogP contribution in [0.2, 0.25) is 0 Å². The van der Waals surface area contributed by atoms with E-state index in [0.29, 0.717) is 6.54 Å². The van der Waals surface area contributed by atoms with Crippen molar-refractivity contribution in [2.24, 2.45) is 0 Å². The maximum absolute atomic E-state index is 11.7. The number of amides is 1. The molecular formula is C15H12N4O2. The smallest absolute Gasteiger partial charge is 0.391 e. The number of ether oxygens (including phenoxy) is 1. The van der Waals surface area contributed by atoms with Gasteiger partial charge < -0.3 is 10.1 Å². The van der Waals surface area contributed by atoms with Gasteiger partial charge in [0.15, 0.2) is 0 Å². The molecule has 0 saturated carbocycles. The molecule has 3 rings (SSSR count). The Labute approximate surface area is 120 Å². The third-order valence-corrected chi connectivity index (χ3v) is 2.80. The summed E-state index contributed by atoms with van der Waals surface area (Å²) >= 11 is 0. The van der Waals surface area contributed by atoms with Crippen molar-refractivity contribution in [2.45, 2.75) is 6.54 Å². The Balaban J connectivity index is 1.63. The zero-order valence-electron chi connectivity index (χ0n) is 11.1. The molecule has 3 aromatic heterocycles. The fraction of sp³-hybridized carbons (Fsp3) is 0.0667. The Morgan fingerprint density at radius 1 is 1.14 bits per heavy atom. The number of aromatic nitrogens is 3. The molecule has 0 bridgehead atoms. The highest BCUT2D eigenvalue weighted by molar-refractivity contribution is 5.78. The Morgan fingerprint density at radius 2 is 2.10 bits per heavy atom. The number of fused-ring (bicyclic) bond motifs is 1. The van der Waals surface area contributed by atoms with Crippen LogP contribution in [0.3, 0.4) is 0 Å². The highest BCUT2D eigenvalue weighted by Gasteiger charge is 2.06. The van der Waals surface area contributed by atoms with Crippen LogP contribution in [0.5, 0.6) is 5.88 Å². The second-order valence-electron chi connectivity index (χ2n) is 4.28. The summed E-state index contributed by atoms with van der Waals surface area (Å²) in [7, 11) is 0. The molecule has 6 heteroatoms. The summed E-state index contributed by atoms with van der Waals surface area (Å²) in [6, 6.07) is 10.7. The van der Waals surface area contributed by atoms with Crippen molar-refractivity contribution in [1.29, 1.82) is 0 Å². The molecule has 0 spiro atoms. The Morgan fingerprint density at radius 3 is 2.95 bits per heavy atom. The van der Waals surface area contributed by atoms with Crippen molar-refractivity contribution in [3.63, 3.8) is 0 Å². The first kappa shape index (κ1) is 13.0. The topological polar surface area (TPSA) is 77.0 Å². The number of carbonyl (C=O) groups excluding carboxylic acids is 1. The van der Waals surface area contributed by atoms with Gasteiger partial charge in [0.25, 0.3) is 0 Å². The van der Waals surface area contributed by atoms with E-state index >= 15 is 0 Å². The maximum Gasteiger partial charge on any atom is 0.414 e. The molecule has 3 heterocycles. The SMILES string of the molecule is O=C(NCc1ccccn1)Oc1ccc2cnccc2n1. The van der Waals surface area contributed by atoms with E-state index in [4.69, 9.17) is 4.74 Å². The lowest BCUT2D eigenvalue weighted by molar-refractivity contribution is 0.198. The minimum atomic E-state index is -0.568. The largest absolute Gasteiger partial charge is 0.414 e. The van der Waals surface area contributed by atoms with Crippen molar-refractivity contribution in [3.05, 3.63) is 60.7 Å². The molecule has 1 N–H and O–H groups in total. The molecular weight excluding hydrogens is 268 g/mol. The number of hydrogen-bond acceptors (Lipinski definition) is 5. The number of rotatable bonds is 3. The molecule has 0 aliphatic rings. The van der Waals surface area contributed by atoms with Crippen LogP contribution in [0.1, 0.15) is 5.69 Å². The summed E-state index contributed by atoms with van der Waals surface area (Å²) in [5.41, 5.74) is 1.48. The zero-order chi connectivity index (χ0) is 14.5. The number of pyridine rings is 3. The molecule has 3 aromatic rings. The fourth-order valence-corrected chi connectivity index (χ4v) is 1.80. The van der Waals surface area contributed by atoms with Crippen LogP contribution in [0.25, 0.3) is 10.9 Å². The Kier molecular flexibility index (Phi) is 3.68. The minimum Gasteiger partial charge on any atom is -0.391 e. The quantitative estimate of drug-likeness (QED) is 0.796. The van der Waals surface area contributed by atoms with E-state index in [1.54, 1.807) is 36.8 Å². The monoisotopic (exact) mass is 280 g/mol. The summed E-state index contributed by atoms with van der Waals surface area (Å²) in [6.45, 7) is 0.303. The molecule has 0 aromatic carbocycles. The predicted octanol–water partition coefficient (Wildman–Crippen LogP) is 2.31. The lowest BCUT2D eigenvalue weighted by Crippen LogP contribution is -2.26. The highest BCUT2D eigenvalue weighted by atomic mass is 16.6. The summed E-state index contributed by atoms with van der Waals surface area (Å²) in [5.74, 6) is 0.243. The van der Waals surface area contributed by atoms with E-state index in [-0.39, 0.29) is 5.88 Å². The molecule has 0 unspecified atom stereocenters. The van der Waals surface area contributed by atoms with Gasteiger partial charge in [0.1, 0.15) is 0 Å². The van der Waals surface area contributed by atoms with Gasteiger partial charge >= 0.3 is 6.09 Å². The van der Waals surface area contributed by atoms with Crippen LogP contribution in [-0.4, -0.2) is 21.0 Å². The summed E-state index contributed by atoms with van der Waals surface area (Å²) < 4.78 is 5.13. The zero-order valence-corrected chi connectivity index (χ0v) is 11.1. The second kappa shape index (κ2) is 5.96. The van der Waals surface area contributed by atoms with Crippen LogP contribution < -0.4 is 10.1 Å². The van der Waals surface area contributed by atoms with Crippen LogP contribution in [0.4, 0.5) is 4.79 Å². The van der Waals surface area contributed by atoms with Crippen LogP contribution >= 0.6 is 0 Å². The summed E-state index contributed by atoms with van der Waals surface area (Å²) in [6.07, 6.45) is 4.44. The van der Waals surface area contributed by atoms with Gasteiger partial charge in [0.2, 0.25) is 5.88 Å². The first-order valence-corrected chi connectivity index (χ1v) is 6.37. The van der Waals surface area contributed by atoms with Crippen molar-refractivity contribution in [3.8, 4) is 5.88 Å². The van der Waals surface area contributed by atoms with Gasteiger partial charge in [0.05, 0.1) is 17.8 Å². The van der Waals surface area contributed by atoms with Crippen molar-refractivity contribution >= 4 is 17.0 Å². The molecule has 6 nitrogen and oxygen atoms in total. The van der Waals surface area contributed by atoms with E-state index < -0.39 is 6.09 Å². The second-order valence-corrected chi connectivity index (χ2v) is 4.28. The molecule has 0 atom stereocenters. The summed E-state index contributed by atoms with van der Waals surface area (Å²) in [5, 5.41) is 3.51. The van der Waals surface area contributed by atoms with Crippen molar-refractivity contribution in [1.82, 2.24) is 20.3 Å². The Hall–Kier alpha value is -3.02. The number of nitrogens with zero attached hydrogens (tertiary/aromatic N) is 3. The number of nitrogens with one attached hydrogen (secondary N) is 1. The van der Waals surface area contributed by atoms with E-state index in [1.807, 2.05) is 18.2 Å². The van der Waals surface area contributed by atoms with Gasteiger partial charge in [-0.05, 0) is 24.3 Å². The average molecular weight is 280 g/mol. The maximum atomic E-state index is 11.7. The third kappa shape index (κ3) is 3.30. The van der Waals surface area contributed by atoms with E-state index in [1.165, 1.54) is 0 Å². The van der Waals surface area contributed by atoms with Crippen molar-refractivity contribution < 1.29 is 9.53 Å². The normalized spacial score (nSPS) is 10.3.